The average Bonchev–Trinajstić information content (AvgIpc) is 2.86. The molecule has 1 aromatic heterocycles. The molecule has 19 heavy (non-hydrogen) atoms. The molecule has 0 spiro atoms. The highest BCUT2D eigenvalue weighted by Crippen LogP contribution is 2.27. The maximum atomic E-state index is 5.48. The number of nitrogens with zero attached hydrogens (tertiary/aromatic N) is 3. The Morgan fingerprint density at radius 2 is 2.00 bits per heavy atom. The predicted octanol–water partition coefficient (Wildman–Crippen LogP) is 0.845. The van der Waals surface area contributed by atoms with Crippen molar-refractivity contribution in [1.82, 2.24) is 15.0 Å². The minimum absolute atomic E-state index is 0.578. The molecule has 2 N–H and O–H groups in total. The Kier molecular flexibility index (Phi) is 4.35. The molecule has 0 saturated carbocycles. The van der Waals surface area contributed by atoms with Gasteiger partial charge in [-0.05, 0) is 24.2 Å². The topological polar surface area (TPSA) is 75.2 Å². The Morgan fingerprint density at radius 1 is 1.21 bits per heavy atom. The Balaban J connectivity index is 2.13. The van der Waals surface area contributed by atoms with Crippen molar-refractivity contribution in [3.8, 4) is 11.5 Å². The molecule has 0 aliphatic rings. The van der Waals surface area contributed by atoms with Crippen molar-refractivity contribution in [2.45, 2.75) is 13.0 Å². The number of hydrogen-bond donors (Lipinski definition) is 1. The minimum Gasteiger partial charge on any atom is -0.493 e. The molecule has 1 heterocycles. The van der Waals surface area contributed by atoms with Crippen molar-refractivity contribution in [2.75, 3.05) is 20.8 Å². The molecule has 0 amide bonds. The van der Waals surface area contributed by atoms with E-state index in [1.807, 2.05) is 24.4 Å². The van der Waals surface area contributed by atoms with Gasteiger partial charge in [0.2, 0.25) is 0 Å². The molecule has 1 aromatic carbocycles. The highest BCUT2D eigenvalue weighted by molar-refractivity contribution is 5.42. The van der Waals surface area contributed by atoms with Crippen LogP contribution >= 0.6 is 0 Å². The highest BCUT2D eigenvalue weighted by Gasteiger charge is 2.06. The van der Waals surface area contributed by atoms with Gasteiger partial charge in [0, 0.05) is 12.6 Å². The van der Waals surface area contributed by atoms with Gasteiger partial charge in [-0.1, -0.05) is 11.3 Å². The first-order valence-corrected chi connectivity index (χ1v) is 6.06. The summed E-state index contributed by atoms with van der Waals surface area (Å²) in [5, 5.41) is 8.12. The van der Waals surface area contributed by atoms with Crippen molar-refractivity contribution >= 4 is 0 Å². The highest BCUT2D eigenvalue weighted by atomic mass is 16.5. The van der Waals surface area contributed by atoms with E-state index in [0.717, 1.165) is 17.7 Å². The van der Waals surface area contributed by atoms with Gasteiger partial charge in [0.05, 0.1) is 26.5 Å². The maximum Gasteiger partial charge on any atom is 0.161 e. The third-order valence-corrected chi connectivity index (χ3v) is 2.78. The fraction of sp³-hybridized carbons (Fsp3) is 0.385. The van der Waals surface area contributed by atoms with Crippen LogP contribution in [0.4, 0.5) is 0 Å². The van der Waals surface area contributed by atoms with Crippen LogP contribution in [0.5, 0.6) is 11.5 Å². The van der Waals surface area contributed by atoms with E-state index in [2.05, 4.69) is 10.3 Å². The molecule has 0 aliphatic heterocycles. The molecule has 0 unspecified atom stereocenters. The van der Waals surface area contributed by atoms with E-state index in [-0.39, 0.29) is 0 Å². The smallest absolute Gasteiger partial charge is 0.161 e. The molecule has 0 saturated heterocycles. The zero-order chi connectivity index (χ0) is 13.7. The molecule has 102 valence electrons. The third kappa shape index (κ3) is 3.23. The minimum atomic E-state index is 0.578. The largest absolute Gasteiger partial charge is 0.493 e. The zero-order valence-corrected chi connectivity index (χ0v) is 11.2. The monoisotopic (exact) mass is 262 g/mol. The summed E-state index contributed by atoms with van der Waals surface area (Å²) in [5.41, 5.74) is 7.46. The van der Waals surface area contributed by atoms with Crippen molar-refractivity contribution in [2.24, 2.45) is 5.73 Å². The lowest BCUT2D eigenvalue weighted by atomic mass is 10.2. The van der Waals surface area contributed by atoms with Gasteiger partial charge in [-0.3, -0.25) is 0 Å². The van der Waals surface area contributed by atoms with Gasteiger partial charge in [-0.25, -0.2) is 4.68 Å². The molecule has 0 aliphatic carbocycles. The number of nitrogens with two attached hydrogens (primary N) is 1. The molecule has 2 rings (SSSR count). The van der Waals surface area contributed by atoms with E-state index in [4.69, 9.17) is 15.2 Å². The van der Waals surface area contributed by atoms with Gasteiger partial charge in [0.1, 0.15) is 0 Å². The summed E-state index contributed by atoms with van der Waals surface area (Å²) in [6.07, 6.45) is 2.65. The molecule has 6 nitrogen and oxygen atoms in total. The van der Waals surface area contributed by atoms with Crippen LogP contribution in [0.2, 0.25) is 0 Å². The second kappa shape index (κ2) is 6.19. The number of rotatable bonds is 6. The number of hydrogen-bond acceptors (Lipinski definition) is 5. The van der Waals surface area contributed by atoms with Crippen LogP contribution in [-0.4, -0.2) is 35.8 Å². The Morgan fingerprint density at radius 3 is 2.68 bits per heavy atom. The average molecular weight is 262 g/mol. The van der Waals surface area contributed by atoms with Gasteiger partial charge in [0.15, 0.2) is 11.5 Å². The van der Waals surface area contributed by atoms with Gasteiger partial charge >= 0.3 is 0 Å². The first-order valence-electron chi connectivity index (χ1n) is 6.06. The van der Waals surface area contributed by atoms with Crippen LogP contribution in [0.15, 0.2) is 24.4 Å². The van der Waals surface area contributed by atoms with Crippen LogP contribution in [0.25, 0.3) is 0 Å². The van der Waals surface area contributed by atoms with E-state index >= 15 is 0 Å². The molecule has 0 bridgehead atoms. The van der Waals surface area contributed by atoms with Gasteiger partial charge in [0.25, 0.3) is 0 Å². The van der Waals surface area contributed by atoms with Gasteiger partial charge in [-0.15, -0.1) is 5.10 Å². The summed E-state index contributed by atoms with van der Waals surface area (Å²) in [4.78, 5) is 0. The fourth-order valence-electron chi connectivity index (χ4n) is 1.84. The SMILES string of the molecule is COc1ccc(Cn2cc(CCN)nn2)cc1OC. The Hall–Kier alpha value is -2.08. The molecule has 6 heteroatoms. The second-order valence-electron chi connectivity index (χ2n) is 4.14. The quantitative estimate of drug-likeness (QED) is 0.835. The molecular weight excluding hydrogens is 244 g/mol. The Labute approximate surface area is 112 Å². The van der Waals surface area contributed by atoms with Crippen LogP contribution in [0.1, 0.15) is 11.3 Å². The van der Waals surface area contributed by atoms with Gasteiger partial charge in [-0.2, -0.15) is 0 Å². The van der Waals surface area contributed by atoms with Crippen LogP contribution in [0.3, 0.4) is 0 Å². The van der Waals surface area contributed by atoms with Gasteiger partial charge < -0.3 is 15.2 Å². The molecule has 0 atom stereocenters. The van der Waals surface area contributed by atoms with Crippen molar-refractivity contribution < 1.29 is 9.47 Å². The summed E-state index contributed by atoms with van der Waals surface area (Å²) in [5.74, 6) is 1.43. The van der Waals surface area contributed by atoms with Crippen molar-refractivity contribution in [3.63, 3.8) is 0 Å². The van der Waals surface area contributed by atoms with E-state index < -0.39 is 0 Å². The summed E-state index contributed by atoms with van der Waals surface area (Å²) in [6, 6.07) is 5.79. The number of methoxy groups -OCH3 is 2. The molecule has 2 aromatic rings. The van der Waals surface area contributed by atoms with Crippen LogP contribution in [0, 0.1) is 0 Å². The third-order valence-electron chi connectivity index (χ3n) is 2.78. The van der Waals surface area contributed by atoms with E-state index in [9.17, 15) is 0 Å². The summed E-state index contributed by atoms with van der Waals surface area (Å²) in [6.45, 7) is 1.22. The Bertz CT molecular complexity index is 539. The van der Waals surface area contributed by atoms with Crippen LogP contribution < -0.4 is 15.2 Å². The zero-order valence-electron chi connectivity index (χ0n) is 11.2. The number of aromatic nitrogens is 3. The number of benzene rings is 1. The van der Waals surface area contributed by atoms with E-state index in [0.29, 0.717) is 24.6 Å². The molecule has 0 radical (unpaired) electrons. The lowest BCUT2D eigenvalue weighted by Gasteiger charge is -2.09. The standard InChI is InChI=1S/C13H18N4O2/c1-18-12-4-3-10(7-13(12)19-2)8-17-9-11(5-6-14)15-16-17/h3-4,7,9H,5-6,8,14H2,1-2H3. The van der Waals surface area contributed by atoms with Crippen molar-refractivity contribution in [1.29, 1.82) is 0 Å². The van der Waals surface area contributed by atoms with Crippen LogP contribution in [-0.2, 0) is 13.0 Å². The second-order valence-corrected chi connectivity index (χ2v) is 4.14. The molecule has 0 fully saturated rings. The molecular formula is C13H18N4O2. The van der Waals surface area contributed by atoms with E-state index in [1.54, 1.807) is 18.9 Å². The maximum absolute atomic E-state index is 5.48. The fourth-order valence-corrected chi connectivity index (χ4v) is 1.84. The lowest BCUT2D eigenvalue weighted by Crippen LogP contribution is -2.03. The first-order chi connectivity index (χ1) is 9.26. The first kappa shape index (κ1) is 13.4. The number of ether oxygens (including phenoxy) is 2. The summed E-state index contributed by atoms with van der Waals surface area (Å²) >= 11 is 0. The lowest BCUT2D eigenvalue weighted by molar-refractivity contribution is 0.354. The summed E-state index contributed by atoms with van der Waals surface area (Å²) < 4.78 is 12.3. The summed E-state index contributed by atoms with van der Waals surface area (Å²) in [7, 11) is 3.24. The normalized spacial score (nSPS) is 10.5. The van der Waals surface area contributed by atoms with Crippen molar-refractivity contribution in [3.05, 3.63) is 35.7 Å². The predicted molar refractivity (Wildman–Crippen MR) is 71.4 cm³/mol. The van der Waals surface area contributed by atoms with E-state index in [1.165, 1.54) is 0 Å².